The largest absolute Gasteiger partial charge is 0.369 e. The zero-order valence-corrected chi connectivity index (χ0v) is 18.6. The van der Waals surface area contributed by atoms with E-state index in [1.54, 1.807) is 6.20 Å². The molecule has 1 saturated heterocycles. The highest BCUT2D eigenvalue weighted by Crippen LogP contribution is 2.32. The molecule has 0 bridgehead atoms. The van der Waals surface area contributed by atoms with Crippen LogP contribution in [0.3, 0.4) is 0 Å². The van der Waals surface area contributed by atoms with Gasteiger partial charge < -0.3 is 20.5 Å². The van der Waals surface area contributed by atoms with Crippen molar-refractivity contribution in [3.05, 3.63) is 60.6 Å². The van der Waals surface area contributed by atoms with Gasteiger partial charge in [0.1, 0.15) is 0 Å². The van der Waals surface area contributed by atoms with E-state index >= 15 is 0 Å². The van der Waals surface area contributed by atoms with Gasteiger partial charge in [-0.15, -0.1) is 0 Å². The first kappa shape index (κ1) is 20.5. The molecule has 1 aliphatic rings. The number of piperazine rings is 1. The van der Waals surface area contributed by atoms with E-state index in [9.17, 15) is 0 Å². The molecule has 1 fully saturated rings. The number of aromatic amines is 1. The van der Waals surface area contributed by atoms with Crippen molar-refractivity contribution in [2.24, 2.45) is 0 Å². The first-order valence-corrected chi connectivity index (χ1v) is 11.3. The third-order valence-corrected chi connectivity index (χ3v) is 6.26. The number of rotatable bonds is 6. The smallest absolute Gasteiger partial charge is 0.227 e. The predicted octanol–water partition coefficient (Wildman–Crippen LogP) is 4.69. The molecule has 1 aliphatic heterocycles. The van der Waals surface area contributed by atoms with Crippen LogP contribution >= 0.6 is 0 Å². The average molecular weight is 428 g/mol. The summed E-state index contributed by atoms with van der Waals surface area (Å²) in [5, 5.41) is 6.78. The van der Waals surface area contributed by atoms with Gasteiger partial charge in [-0.2, -0.15) is 0 Å². The molecule has 0 saturated carbocycles. The predicted molar refractivity (Wildman–Crippen MR) is 131 cm³/mol. The fourth-order valence-electron chi connectivity index (χ4n) is 4.27. The summed E-state index contributed by atoms with van der Waals surface area (Å²) in [4.78, 5) is 19.7. The number of hydrogen-bond acceptors (Lipinski definition) is 6. The van der Waals surface area contributed by atoms with Crippen molar-refractivity contribution >= 4 is 28.4 Å². The number of aromatic nitrogens is 4. The maximum absolute atomic E-state index is 4.79. The molecule has 4 heterocycles. The van der Waals surface area contributed by atoms with E-state index in [1.807, 2.05) is 24.5 Å². The molecule has 7 nitrogen and oxygen atoms in total. The van der Waals surface area contributed by atoms with E-state index in [0.717, 1.165) is 60.6 Å². The molecule has 164 valence electrons. The lowest BCUT2D eigenvalue weighted by molar-refractivity contribution is 0.589. The lowest BCUT2D eigenvalue weighted by Gasteiger charge is -2.29. The molecule has 7 heteroatoms. The number of nitrogens with one attached hydrogen (secondary N) is 3. The molecule has 0 aliphatic carbocycles. The molecule has 0 spiro atoms. The first-order valence-electron chi connectivity index (χ1n) is 11.3. The molecule has 5 rings (SSSR count). The Bertz CT molecular complexity index is 1210. The van der Waals surface area contributed by atoms with Crippen LogP contribution in [0.15, 0.2) is 55.0 Å². The Morgan fingerprint density at radius 1 is 1.09 bits per heavy atom. The Hall–Kier alpha value is -3.45. The molecule has 3 N–H and O–H groups in total. The highest BCUT2D eigenvalue weighted by atomic mass is 15.2. The topological polar surface area (TPSA) is 81.8 Å². The van der Waals surface area contributed by atoms with Crippen molar-refractivity contribution in [1.82, 2.24) is 25.3 Å². The monoisotopic (exact) mass is 427 g/mol. The van der Waals surface area contributed by atoms with E-state index < -0.39 is 0 Å². The quantitative estimate of drug-likeness (QED) is 0.414. The second-order valence-corrected chi connectivity index (χ2v) is 8.31. The van der Waals surface area contributed by atoms with E-state index in [2.05, 4.69) is 68.6 Å². The van der Waals surface area contributed by atoms with Gasteiger partial charge >= 0.3 is 0 Å². The Morgan fingerprint density at radius 3 is 2.78 bits per heavy atom. The molecule has 32 heavy (non-hydrogen) atoms. The van der Waals surface area contributed by atoms with Gasteiger partial charge in [-0.1, -0.05) is 19.9 Å². The van der Waals surface area contributed by atoms with Crippen molar-refractivity contribution < 1.29 is 0 Å². The number of pyridine rings is 1. The number of nitrogens with zero attached hydrogens (tertiary/aromatic N) is 4. The molecule has 3 aromatic heterocycles. The summed E-state index contributed by atoms with van der Waals surface area (Å²) >= 11 is 0. The lowest BCUT2D eigenvalue weighted by atomic mass is 9.98. The van der Waals surface area contributed by atoms with Crippen LogP contribution in [0.5, 0.6) is 0 Å². The van der Waals surface area contributed by atoms with Crippen LogP contribution in [0.4, 0.5) is 17.3 Å². The second-order valence-electron chi connectivity index (χ2n) is 8.31. The summed E-state index contributed by atoms with van der Waals surface area (Å²) in [6.45, 7) is 8.51. The van der Waals surface area contributed by atoms with E-state index in [-0.39, 0.29) is 0 Å². The minimum absolute atomic E-state index is 0.470. The summed E-state index contributed by atoms with van der Waals surface area (Å²) < 4.78 is 0. The van der Waals surface area contributed by atoms with E-state index in [1.165, 1.54) is 11.3 Å². The molecule has 0 radical (unpaired) electrons. The van der Waals surface area contributed by atoms with E-state index in [0.29, 0.717) is 11.9 Å². The van der Waals surface area contributed by atoms with Crippen LogP contribution < -0.4 is 15.5 Å². The number of fused-ring (bicyclic) bond motifs is 1. The average Bonchev–Trinajstić information content (AvgIpc) is 3.29. The maximum Gasteiger partial charge on any atom is 0.227 e. The highest BCUT2D eigenvalue weighted by molar-refractivity contribution is 5.93. The van der Waals surface area contributed by atoms with Crippen LogP contribution in [0, 0.1) is 0 Å². The highest BCUT2D eigenvalue weighted by Gasteiger charge is 2.15. The summed E-state index contributed by atoms with van der Waals surface area (Å²) in [5.41, 5.74) is 7.37. The van der Waals surface area contributed by atoms with Crippen LogP contribution in [0.25, 0.3) is 22.3 Å². The third kappa shape index (κ3) is 4.03. The number of benzene rings is 1. The Kier molecular flexibility index (Phi) is 5.73. The molecule has 0 amide bonds. The molecular weight excluding hydrogens is 398 g/mol. The fraction of sp³-hybridized carbons (Fsp3) is 0.320. The van der Waals surface area contributed by atoms with Crippen molar-refractivity contribution in [3.8, 4) is 11.3 Å². The Morgan fingerprint density at radius 2 is 1.94 bits per heavy atom. The standard InChI is InChI=1S/C25H29N7/c1-3-17(2)20-7-9-27-24-21(16-29-23(20)24)22-8-10-28-25(31-22)30-18-5-4-6-19(15-18)32-13-11-26-12-14-32/h4-10,15-17,26,29H,3,11-14H2,1-2H3,(H,28,30,31). The van der Waals surface area contributed by atoms with Crippen molar-refractivity contribution in [1.29, 1.82) is 0 Å². The molecule has 4 aromatic rings. The van der Waals surface area contributed by atoms with Gasteiger partial charge in [0.25, 0.3) is 0 Å². The van der Waals surface area contributed by atoms with E-state index in [4.69, 9.17) is 4.98 Å². The fourth-order valence-corrected chi connectivity index (χ4v) is 4.27. The zero-order chi connectivity index (χ0) is 21.9. The van der Waals surface area contributed by atoms with Crippen molar-refractivity contribution in [2.45, 2.75) is 26.2 Å². The minimum atomic E-state index is 0.470. The number of anilines is 3. The van der Waals surface area contributed by atoms with Gasteiger partial charge in [-0.3, -0.25) is 4.98 Å². The summed E-state index contributed by atoms with van der Waals surface area (Å²) in [6, 6.07) is 12.5. The SMILES string of the molecule is CCC(C)c1ccnc2c(-c3ccnc(Nc4cccc(N5CCNCC5)c4)n3)c[nH]c12. The van der Waals surface area contributed by atoms with Crippen LogP contribution in [0.2, 0.25) is 0 Å². The van der Waals surface area contributed by atoms with Crippen LogP contribution in [0.1, 0.15) is 31.7 Å². The van der Waals surface area contributed by atoms with Crippen LogP contribution in [-0.4, -0.2) is 46.1 Å². The van der Waals surface area contributed by atoms with Gasteiger partial charge in [0.05, 0.1) is 16.7 Å². The lowest BCUT2D eigenvalue weighted by Crippen LogP contribution is -2.43. The van der Waals surface area contributed by atoms with Gasteiger partial charge in [0.15, 0.2) is 0 Å². The van der Waals surface area contributed by atoms with Crippen molar-refractivity contribution in [3.63, 3.8) is 0 Å². The summed E-state index contributed by atoms with van der Waals surface area (Å²) in [7, 11) is 0. The number of hydrogen-bond donors (Lipinski definition) is 3. The Balaban J connectivity index is 1.42. The summed E-state index contributed by atoms with van der Waals surface area (Å²) in [5.74, 6) is 1.05. The van der Waals surface area contributed by atoms with Gasteiger partial charge in [-0.05, 0) is 48.2 Å². The molecule has 1 atom stereocenters. The summed E-state index contributed by atoms with van der Waals surface area (Å²) in [6.07, 6.45) is 6.77. The van der Waals surface area contributed by atoms with Gasteiger partial charge in [0.2, 0.25) is 5.95 Å². The molecule has 1 unspecified atom stereocenters. The normalized spacial score (nSPS) is 15.1. The third-order valence-electron chi connectivity index (χ3n) is 6.26. The maximum atomic E-state index is 4.79. The minimum Gasteiger partial charge on any atom is -0.369 e. The molecular formula is C25H29N7. The van der Waals surface area contributed by atoms with Crippen molar-refractivity contribution in [2.75, 3.05) is 36.4 Å². The second kappa shape index (κ2) is 8.96. The van der Waals surface area contributed by atoms with Gasteiger partial charge in [0, 0.05) is 61.7 Å². The van der Waals surface area contributed by atoms with Crippen LogP contribution in [-0.2, 0) is 0 Å². The Labute approximate surface area is 188 Å². The zero-order valence-electron chi connectivity index (χ0n) is 18.6. The number of H-pyrrole nitrogens is 1. The molecule has 1 aromatic carbocycles. The first-order chi connectivity index (χ1) is 15.7. The van der Waals surface area contributed by atoms with Gasteiger partial charge in [-0.25, -0.2) is 9.97 Å².